The van der Waals surface area contributed by atoms with Gasteiger partial charge in [0.15, 0.2) is 23.3 Å². The zero-order valence-corrected chi connectivity index (χ0v) is 12.6. The van der Waals surface area contributed by atoms with E-state index in [2.05, 4.69) is 0 Å². The van der Waals surface area contributed by atoms with Crippen LogP contribution >= 0.6 is 0 Å². The van der Waals surface area contributed by atoms with Crippen molar-refractivity contribution in [1.82, 2.24) is 9.80 Å². The Morgan fingerprint density at radius 3 is 1.76 bits per heavy atom. The fourth-order valence-electron chi connectivity index (χ4n) is 3.09. The van der Waals surface area contributed by atoms with Gasteiger partial charge in [0, 0.05) is 11.6 Å². The van der Waals surface area contributed by atoms with Crippen molar-refractivity contribution in [3.05, 3.63) is 34.6 Å². The van der Waals surface area contributed by atoms with Crippen molar-refractivity contribution in [3.63, 3.8) is 0 Å². The predicted molar refractivity (Wildman–Crippen MR) is 71.3 cm³/mol. The normalized spacial score (nSPS) is 18.8. The minimum absolute atomic E-state index is 0.193. The fourth-order valence-corrected chi connectivity index (χ4v) is 3.09. The number of halogens is 5. The molecule has 0 aromatic heterocycles. The number of imide groups is 2. The monoisotopic (exact) mass is 362 g/mol. The van der Waals surface area contributed by atoms with Crippen LogP contribution < -0.4 is 0 Å². The summed E-state index contributed by atoms with van der Waals surface area (Å²) in [6.07, 6.45) is 2.46. The zero-order chi connectivity index (χ0) is 18.5. The molecule has 1 saturated carbocycles. The third-order valence-corrected chi connectivity index (χ3v) is 4.39. The molecule has 5 nitrogen and oxygen atoms in total. The molecular weight excluding hydrogens is 351 g/mol. The summed E-state index contributed by atoms with van der Waals surface area (Å²) in [5, 5.41) is 0. The van der Waals surface area contributed by atoms with Gasteiger partial charge < -0.3 is 0 Å². The number of hydrogen-bond donors (Lipinski definition) is 0. The molecule has 1 aromatic carbocycles. The summed E-state index contributed by atoms with van der Waals surface area (Å²) in [5.41, 5.74) is -1.35. The van der Waals surface area contributed by atoms with Gasteiger partial charge in [-0.15, -0.1) is 0 Å². The van der Waals surface area contributed by atoms with Gasteiger partial charge in [0.05, 0.1) is 6.54 Å². The zero-order valence-electron chi connectivity index (χ0n) is 12.6. The molecule has 1 aliphatic carbocycles. The Morgan fingerprint density at radius 2 is 1.24 bits per heavy atom. The van der Waals surface area contributed by atoms with Gasteiger partial charge in [0.25, 0.3) is 0 Å². The van der Waals surface area contributed by atoms with Crippen LogP contribution in [0.5, 0.6) is 0 Å². The van der Waals surface area contributed by atoms with Gasteiger partial charge in [-0.25, -0.2) is 26.7 Å². The maximum Gasteiger partial charge on any atom is 0.334 e. The lowest BCUT2D eigenvalue weighted by atomic mass is 10.1. The summed E-state index contributed by atoms with van der Waals surface area (Å²) in [6.45, 7) is -1.22. The summed E-state index contributed by atoms with van der Waals surface area (Å²) in [6, 6.07) is -1.63. The van der Waals surface area contributed by atoms with Gasteiger partial charge in [-0.05, 0) is 12.8 Å². The number of carbonyl (C=O) groups is 3. The lowest BCUT2D eigenvalue weighted by Gasteiger charge is -2.21. The van der Waals surface area contributed by atoms with Crippen LogP contribution in [-0.2, 0) is 16.1 Å². The number of benzene rings is 1. The molecule has 1 saturated heterocycles. The number of amides is 4. The largest absolute Gasteiger partial charge is 0.334 e. The average molecular weight is 362 g/mol. The van der Waals surface area contributed by atoms with Crippen molar-refractivity contribution in [2.75, 3.05) is 0 Å². The van der Waals surface area contributed by atoms with Crippen molar-refractivity contribution in [1.29, 1.82) is 0 Å². The van der Waals surface area contributed by atoms with Crippen LogP contribution in [0.3, 0.4) is 0 Å². The molecule has 0 spiro atoms. The van der Waals surface area contributed by atoms with E-state index in [0.29, 0.717) is 17.7 Å². The highest BCUT2D eigenvalue weighted by Crippen LogP contribution is 2.30. The van der Waals surface area contributed by atoms with E-state index in [9.17, 15) is 36.3 Å². The highest BCUT2D eigenvalue weighted by molar-refractivity contribution is 6.44. The molecule has 2 aliphatic rings. The predicted octanol–water partition coefficient (Wildman–Crippen LogP) is 2.62. The van der Waals surface area contributed by atoms with E-state index in [4.69, 9.17) is 0 Å². The van der Waals surface area contributed by atoms with Gasteiger partial charge in [-0.2, -0.15) is 0 Å². The van der Waals surface area contributed by atoms with Crippen molar-refractivity contribution >= 4 is 17.8 Å². The Balaban J connectivity index is 1.95. The molecule has 0 unspecified atom stereocenters. The Morgan fingerprint density at radius 1 is 0.760 bits per heavy atom. The second kappa shape index (κ2) is 6.08. The van der Waals surface area contributed by atoms with Crippen molar-refractivity contribution < 1.29 is 36.3 Å². The van der Waals surface area contributed by atoms with Crippen LogP contribution in [0, 0.1) is 29.1 Å². The molecule has 3 rings (SSSR count). The van der Waals surface area contributed by atoms with E-state index in [1.807, 2.05) is 0 Å². The number of carbonyl (C=O) groups excluding carboxylic acids is 3. The van der Waals surface area contributed by atoms with Crippen LogP contribution in [0.25, 0.3) is 0 Å². The molecular formula is C15H11F5N2O3. The molecule has 2 fully saturated rings. The summed E-state index contributed by atoms with van der Waals surface area (Å²) in [7, 11) is 0. The number of rotatable bonds is 3. The molecule has 134 valence electrons. The number of hydrogen-bond acceptors (Lipinski definition) is 3. The number of urea groups is 1. The van der Waals surface area contributed by atoms with E-state index in [0.717, 1.165) is 12.8 Å². The molecule has 0 N–H and O–H groups in total. The SMILES string of the molecule is O=C1C(=O)N(C2CCCC2)C(=O)N1Cc1c(F)c(F)c(F)c(F)c1F. The fraction of sp³-hybridized carbons (Fsp3) is 0.400. The summed E-state index contributed by atoms with van der Waals surface area (Å²) < 4.78 is 67.0. The lowest BCUT2D eigenvalue weighted by molar-refractivity contribution is -0.144. The van der Waals surface area contributed by atoms with Crippen LogP contribution in [-0.4, -0.2) is 33.7 Å². The Bertz CT molecular complexity index is 763. The quantitative estimate of drug-likeness (QED) is 0.273. The smallest absolute Gasteiger partial charge is 0.263 e. The highest BCUT2D eigenvalue weighted by Gasteiger charge is 2.48. The Hall–Kier alpha value is -2.52. The Kier molecular flexibility index (Phi) is 4.21. The number of nitrogens with zero attached hydrogens (tertiary/aromatic N) is 2. The van der Waals surface area contributed by atoms with Crippen LogP contribution in [0.2, 0.25) is 0 Å². The van der Waals surface area contributed by atoms with Gasteiger partial charge in [0.1, 0.15) is 0 Å². The summed E-state index contributed by atoms with van der Waals surface area (Å²) >= 11 is 0. The van der Waals surface area contributed by atoms with Crippen LogP contribution in [0.15, 0.2) is 0 Å². The van der Waals surface area contributed by atoms with Gasteiger partial charge >= 0.3 is 17.8 Å². The maximum absolute atomic E-state index is 13.7. The second-order valence-electron chi connectivity index (χ2n) is 5.84. The third-order valence-electron chi connectivity index (χ3n) is 4.39. The molecule has 25 heavy (non-hydrogen) atoms. The van der Waals surface area contributed by atoms with E-state index >= 15 is 0 Å². The molecule has 4 amide bonds. The van der Waals surface area contributed by atoms with Crippen molar-refractivity contribution in [3.8, 4) is 0 Å². The van der Waals surface area contributed by atoms with E-state index in [1.54, 1.807) is 0 Å². The van der Waals surface area contributed by atoms with Gasteiger partial charge in [-0.3, -0.25) is 19.4 Å². The van der Waals surface area contributed by atoms with Crippen molar-refractivity contribution in [2.24, 2.45) is 0 Å². The molecule has 10 heteroatoms. The first-order valence-electron chi connectivity index (χ1n) is 7.45. The molecule has 1 aromatic rings. The topological polar surface area (TPSA) is 57.7 Å². The second-order valence-corrected chi connectivity index (χ2v) is 5.84. The minimum atomic E-state index is -2.35. The first-order valence-corrected chi connectivity index (χ1v) is 7.45. The summed E-state index contributed by atoms with van der Waals surface area (Å²) in [4.78, 5) is 37.1. The minimum Gasteiger partial charge on any atom is -0.263 e. The molecule has 0 atom stereocenters. The molecule has 1 aliphatic heterocycles. The standard InChI is InChI=1S/C15H11F5N2O3/c16-8-7(9(17)11(19)12(20)10(8)18)5-21-13(23)14(24)22(15(21)25)6-3-1-2-4-6/h6H,1-5H2. The average Bonchev–Trinajstić information content (AvgIpc) is 3.17. The lowest BCUT2D eigenvalue weighted by Crippen LogP contribution is -2.39. The van der Waals surface area contributed by atoms with Gasteiger partial charge in [-0.1, -0.05) is 12.8 Å². The van der Waals surface area contributed by atoms with E-state index in [-0.39, 0.29) is 4.90 Å². The maximum atomic E-state index is 13.7. The van der Waals surface area contributed by atoms with Crippen molar-refractivity contribution in [2.45, 2.75) is 38.3 Å². The third kappa shape index (κ3) is 2.56. The van der Waals surface area contributed by atoms with E-state index < -0.39 is 65.1 Å². The first kappa shape index (κ1) is 17.3. The van der Waals surface area contributed by atoms with Crippen LogP contribution in [0.1, 0.15) is 31.2 Å². The molecule has 1 heterocycles. The first-order chi connectivity index (χ1) is 11.8. The summed E-state index contributed by atoms with van der Waals surface area (Å²) in [5.74, 6) is -13.5. The molecule has 0 radical (unpaired) electrons. The highest BCUT2D eigenvalue weighted by atomic mass is 19.2. The van der Waals surface area contributed by atoms with Gasteiger partial charge in [0.2, 0.25) is 5.82 Å². The molecule has 0 bridgehead atoms. The van der Waals surface area contributed by atoms with E-state index in [1.165, 1.54) is 0 Å². The Labute approximate surface area is 138 Å². The van der Waals surface area contributed by atoms with Crippen LogP contribution in [0.4, 0.5) is 26.7 Å².